The highest BCUT2D eigenvalue weighted by molar-refractivity contribution is 5.48. The van der Waals surface area contributed by atoms with Gasteiger partial charge in [0.05, 0.1) is 12.8 Å². The Kier molecular flexibility index (Phi) is 5.39. The molecule has 0 amide bonds. The Bertz CT molecular complexity index is 590. The Labute approximate surface area is 127 Å². The van der Waals surface area contributed by atoms with E-state index in [2.05, 4.69) is 26.1 Å². The number of aryl methyl sites for hydroxylation is 1. The van der Waals surface area contributed by atoms with Crippen LogP contribution in [0.5, 0.6) is 5.75 Å². The molecule has 0 atom stereocenters. The fourth-order valence-electron chi connectivity index (χ4n) is 2.64. The lowest BCUT2D eigenvalue weighted by Crippen LogP contribution is -2.14. The average molecular weight is 287 g/mol. The van der Waals surface area contributed by atoms with E-state index in [1.807, 2.05) is 28.9 Å². The summed E-state index contributed by atoms with van der Waals surface area (Å²) in [5.41, 5.74) is 4.65. The lowest BCUT2D eigenvalue weighted by atomic mass is 10.1. The molecule has 2 rings (SSSR count). The fraction of sp³-hybridized carbons (Fsp3) is 0.471. The Morgan fingerprint density at radius 3 is 2.71 bits per heavy atom. The predicted octanol–water partition coefficient (Wildman–Crippen LogP) is 3.04. The van der Waals surface area contributed by atoms with Gasteiger partial charge in [0.2, 0.25) is 0 Å². The third kappa shape index (κ3) is 3.45. The van der Waals surface area contributed by atoms with E-state index in [0.717, 1.165) is 43.1 Å². The van der Waals surface area contributed by atoms with Gasteiger partial charge in [0, 0.05) is 5.69 Å². The number of hydrogen-bond donors (Lipinski definition) is 1. The molecule has 0 bridgehead atoms. The van der Waals surface area contributed by atoms with Crippen molar-refractivity contribution in [2.75, 3.05) is 20.2 Å². The summed E-state index contributed by atoms with van der Waals surface area (Å²) < 4.78 is 7.44. The fourth-order valence-corrected chi connectivity index (χ4v) is 2.64. The number of ether oxygens (including phenoxy) is 1. The topological polar surface area (TPSA) is 39.1 Å². The lowest BCUT2D eigenvalue weighted by Gasteiger charge is -2.10. The van der Waals surface area contributed by atoms with E-state index in [0.29, 0.717) is 0 Å². The van der Waals surface area contributed by atoms with Gasteiger partial charge in [-0.25, -0.2) is 4.68 Å². The maximum Gasteiger partial charge on any atom is 0.144 e. The van der Waals surface area contributed by atoms with Crippen LogP contribution in [0.15, 0.2) is 24.3 Å². The molecule has 0 aliphatic rings. The standard InChI is InChI=1S/C17H25N3O/c1-5-18-12-8-9-15-13(2)19-20(14(15)3)16-10-6-7-11-17(16)21-4/h6-7,10-11,18H,5,8-9,12H2,1-4H3. The third-order valence-corrected chi connectivity index (χ3v) is 3.78. The predicted molar refractivity (Wildman–Crippen MR) is 86.5 cm³/mol. The van der Waals surface area contributed by atoms with Crippen molar-refractivity contribution in [3.8, 4) is 11.4 Å². The maximum atomic E-state index is 5.45. The van der Waals surface area contributed by atoms with E-state index in [9.17, 15) is 0 Å². The Hall–Kier alpha value is -1.81. The molecule has 0 radical (unpaired) electrons. The minimum atomic E-state index is 0.849. The van der Waals surface area contributed by atoms with Crippen molar-refractivity contribution >= 4 is 0 Å². The van der Waals surface area contributed by atoms with Gasteiger partial charge in [0.1, 0.15) is 11.4 Å². The second kappa shape index (κ2) is 7.27. The third-order valence-electron chi connectivity index (χ3n) is 3.78. The number of aromatic nitrogens is 2. The van der Waals surface area contributed by atoms with Crippen LogP contribution in [0.4, 0.5) is 0 Å². The van der Waals surface area contributed by atoms with Crippen molar-refractivity contribution in [3.05, 3.63) is 41.2 Å². The number of para-hydroxylation sites is 2. The zero-order valence-electron chi connectivity index (χ0n) is 13.4. The molecule has 0 saturated carbocycles. The summed E-state index contributed by atoms with van der Waals surface area (Å²) in [5.74, 6) is 0.849. The molecule has 0 spiro atoms. The van der Waals surface area contributed by atoms with Crippen molar-refractivity contribution in [2.24, 2.45) is 0 Å². The molecular weight excluding hydrogens is 262 g/mol. The van der Waals surface area contributed by atoms with Crippen molar-refractivity contribution < 1.29 is 4.74 Å². The van der Waals surface area contributed by atoms with Crippen LogP contribution in [0.25, 0.3) is 5.69 Å². The molecule has 1 aromatic heterocycles. The minimum absolute atomic E-state index is 0.849. The Morgan fingerprint density at radius 1 is 1.24 bits per heavy atom. The number of methoxy groups -OCH3 is 1. The van der Waals surface area contributed by atoms with Gasteiger partial charge in [0.15, 0.2) is 0 Å². The Morgan fingerprint density at radius 2 is 2.00 bits per heavy atom. The van der Waals surface area contributed by atoms with Crippen molar-refractivity contribution in [3.63, 3.8) is 0 Å². The molecule has 0 aliphatic heterocycles. The Balaban J connectivity index is 2.26. The van der Waals surface area contributed by atoms with Crippen LogP contribution in [0, 0.1) is 13.8 Å². The summed E-state index contributed by atoms with van der Waals surface area (Å²) in [6.07, 6.45) is 2.19. The quantitative estimate of drug-likeness (QED) is 0.796. The molecule has 4 nitrogen and oxygen atoms in total. The van der Waals surface area contributed by atoms with E-state index in [4.69, 9.17) is 9.84 Å². The van der Waals surface area contributed by atoms with E-state index >= 15 is 0 Å². The molecule has 114 valence electrons. The number of nitrogens with one attached hydrogen (secondary N) is 1. The molecule has 0 unspecified atom stereocenters. The largest absolute Gasteiger partial charge is 0.494 e. The maximum absolute atomic E-state index is 5.45. The van der Waals surface area contributed by atoms with Crippen molar-refractivity contribution in [1.82, 2.24) is 15.1 Å². The molecule has 21 heavy (non-hydrogen) atoms. The molecule has 2 aromatic rings. The van der Waals surface area contributed by atoms with Gasteiger partial charge < -0.3 is 10.1 Å². The zero-order chi connectivity index (χ0) is 15.2. The smallest absolute Gasteiger partial charge is 0.144 e. The van der Waals surface area contributed by atoms with Crippen LogP contribution in [0.3, 0.4) is 0 Å². The van der Waals surface area contributed by atoms with Crippen LogP contribution in [-0.4, -0.2) is 30.0 Å². The van der Waals surface area contributed by atoms with Gasteiger partial charge in [-0.2, -0.15) is 5.10 Å². The van der Waals surface area contributed by atoms with Gasteiger partial charge >= 0.3 is 0 Å². The molecular formula is C17H25N3O. The summed E-state index contributed by atoms with van der Waals surface area (Å²) in [4.78, 5) is 0. The van der Waals surface area contributed by atoms with Crippen molar-refractivity contribution in [2.45, 2.75) is 33.6 Å². The molecule has 1 aromatic carbocycles. The zero-order valence-corrected chi connectivity index (χ0v) is 13.4. The van der Waals surface area contributed by atoms with Crippen LogP contribution < -0.4 is 10.1 Å². The molecule has 1 heterocycles. The van der Waals surface area contributed by atoms with E-state index in [-0.39, 0.29) is 0 Å². The van der Waals surface area contributed by atoms with Gasteiger partial charge in [-0.3, -0.25) is 0 Å². The number of rotatable bonds is 7. The normalized spacial score (nSPS) is 10.9. The average Bonchev–Trinajstić information content (AvgIpc) is 2.79. The number of benzene rings is 1. The summed E-state index contributed by atoms with van der Waals surface area (Å²) in [7, 11) is 1.70. The monoisotopic (exact) mass is 287 g/mol. The lowest BCUT2D eigenvalue weighted by molar-refractivity contribution is 0.411. The van der Waals surface area contributed by atoms with E-state index < -0.39 is 0 Å². The number of hydrogen-bond acceptors (Lipinski definition) is 3. The molecule has 4 heteroatoms. The van der Waals surface area contributed by atoms with Crippen LogP contribution in [0.2, 0.25) is 0 Å². The SMILES string of the molecule is CCNCCCc1c(C)nn(-c2ccccc2OC)c1C. The first-order chi connectivity index (χ1) is 10.2. The van der Waals surface area contributed by atoms with Crippen LogP contribution in [0.1, 0.15) is 30.3 Å². The summed E-state index contributed by atoms with van der Waals surface area (Å²) in [5, 5.41) is 8.07. The summed E-state index contributed by atoms with van der Waals surface area (Å²) in [6.45, 7) is 8.43. The molecule has 0 aliphatic carbocycles. The van der Waals surface area contributed by atoms with Gasteiger partial charge in [0.25, 0.3) is 0 Å². The minimum Gasteiger partial charge on any atom is -0.494 e. The first-order valence-electron chi connectivity index (χ1n) is 7.58. The van der Waals surface area contributed by atoms with Gasteiger partial charge in [-0.1, -0.05) is 19.1 Å². The highest BCUT2D eigenvalue weighted by Gasteiger charge is 2.14. The van der Waals surface area contributed by atoms with E-state index in [1.165, 1.54) is 11.3 Å². The highest BCUT2D eigenvalue weighted by Crippen LogP contribution is 2.25. The molecule has 0 saturated heterocycles. The van der Waals surface area contributed by atoms with E-state index in [1.54, 1.807) is 7.11 Å². The van der Waals surface area contributed by atoms with Crippen LogP contribution >= 0.6 is 0 Å². The summed E-state index contributed by atoms with van der Waals surface area (Å²) in [6, 6.07) is 8.00. The molecule has 1 N–H and O–H groups in total. The van der Waals surface area contributed by atoms with Gasteiger partial charge in [-0.05, 0) is 57.5 Å². The van der Waals surface area contributed by atoms with Crippen LogP contribution in [-0.2, 0) is 6.42 Å². The summed E-state index contributed by atoms with van der Waals surface area (Å²) >= 11 is 0. The second-order valence-corrected chi connectivity index (χ2v) is 5.19. The van der Waals surface area contributed by atoms with Gasteiger partial charge in [-0.15, -0.1) is 0 Å². The second-order valence-electron chi connectivity index (χ2n) is 5.19. The first kappa shape index (κ1) is 15.6. The molecule has 0 fully saturated rings. The highest BCUT2D eigenvalue weighted by atomic mass is 16.5. The first-order valence-corrected chi connectivity index (χ1v) is 7.58. The number of nitrogens with zero attached hydrogens (tertiary/aromatic N) is 2. The van der Waals surface area contributed by atoms with Crippen molar-refractivity contribution in [1.29, 1.82) is 0 Å².